The summed E-state index contributed by atoms with van der Waals surface area (Å²) in [5, 5.41) is 14.5. The van der Waals surface area contributed by atoms with E-state index >= 15 is 0 Å². The third-order valence-corrected chi connectivity index (χ3v) is 4.28. The second kappa shape index (κ2) is 7.81. The van der Waals surface area contributed by atoms with Gasteiger partial charge in [-0.1, -0.05) is 16.7 Å². The fraction of sp³-hybridized carbons (Fsp3) is 0.400. The minimum Gasteiger partial charge on any atom is -0.426 e. The number of benzene rings is 1. The lowest BCUT2D eigenvalue weighted by atomic mass is 10.1. The Morgan fingerprint density at radius 1 is 1.31 bits per heavy atom. The molecule has 156 valence electrons. The molecule has 1 heterocycles. The summed E-state index contributed by atoms with van der Waals surface area (Å²) in [4.78, 5) is 24.5. The number of ether oxygens (including phenoxy) is 1. The molecule has 9 nitrogen and oxygen atoms in total. The standard InChI is InChI=1S/C15H13ClF4N6O3/c1-26-14(23-24-25-26)22-12(28)7-4-5-8(29-15(19,20)13(17)18)10(9(7)16)21-11(27)6-2-3-6/h4-6,13H,2-3H2,1H3,(H,21,27)(H,22,23,25,28). The van der Waals surface area contributed by atoms with Gasteiger partial charge in [-0.25, -0.2) is 4.68 Å². The number of hydrogen-bond acceptors (Lipinski definition) is 6. The van der Waals surface area contributed by atoms with Crippen molar-refractivity contribution in [3.8, 4) is 5.75 Å². The number of tetrazole rings is 1. The van der Waals surface area contributed by atoms with Gasteiger partial charge in [-0.3, -0.25) is 14.9 Å². The number of aryl methyl sites for hydroxylation is 1. The lowest BCUT2D eigenvalue weighted by molar-refractivity contribution is -0.252. The van der Waals surface area contributed by atoms with Crippen LogP contribution < -0.4 is 15.4 Å². The van der Waals surface area contributed by atoms with Crippen molar-refractivity contribution < 1.29 is 31.9 Å². The molecule has 0 aliphatic heterocycles. The number of hydrogen-bond donors (Lipinski definition) is 2. The third kappa shape index (κ3) is 4.55. The number of nitrogens with one attached hydrogen (secondary N) is 2. The highest BCUT2D eigenvalue weighted by Crippen LogP contribution is 2.41. The van der Waals surface area contributed by atoms with Gasteiger partial charge in [0.1, 0.15) is 5.69 Å². The topological polar surface area (TPSA) is 111 Å². The van der Waals surface area contributed by atoms with E-state index in [1.165, 1.54) is 7.05 Å². The summed E-state index contributed by atoms with van der Waals surface area (Å²) >= 11 is 6.12. The lowest BCUT2D eigenvalue weighted by Crippen LogP contribution is -2.34. The summed E-state index contributed by atoms with van der Waals surface area (Å²) in [6.07, 6.45) is -7.81. The molecule has 0 saturated heterocycles. The van der Waals surface area contributed by atoms with Crippen LogP contribution in [0.1, 0.15) is 23.2 Å². The Bertz CT molecular complexity index is 950. The number of anilines is 2. The molecule has 1 aliphatic rings. The zero-order valence-electron chi connectivity index (χ0n) is 14.6. The second-order valence-corrected chi connectivity index (χ2v) is 6.49. The maximum atomic E-state index is 13.4. The Labute approximate surface area is 165 Å². The largest absolute Gasteiger partial charge is 0.461 e. The molecule has 14 heteroatoms. The average molecular weight is 437 g/mol. The van der Waals surface area contributed by atoms with E-state index in [2.05, 4.69) is 30.9 Å². The van der Waals surface area contributed by atoms with Gasteiger partial charge in [0.2, 0.25) is 11.9 Å². The number of carbonyl (C=O) groups is 2. The minimum atomic E-state index is -4.84. The SMILES string of the molecule is Cn1nnnc1NC(=O)c1ccc(OC(F)(F)C(F)F)c(NC(=O)C2CC2)c1Cl. The quantitative estimate of drug-likeness (QED) is 0.646. The number of nitrogens with zero attached hydrogens (tertiary/aromatic N) is 4. The predicted octanol–water partition coefficient (Wildman–Crippen LogP) is 2.70. The Balaban J connectivity index is 1.95. The van der Waals surface area contributed by atoms with Crippen molar-refractivity contribution in [2.75, 3.05) is 10.6 Å². The van der Waals surface area contributed by atoms with Crippen molar-refractivity contribution in [1.29, 1.82) is 0 Å². The Kier molecular flexibility index (Phi) is 5.59. The van der Waals surface area contributed by atoms with Crippen LogP contribution in [0.5, 0.6) is 5.75 Å². The molecule has 0 unspecified atom stereocenters. The molecule has 0 spiro atoms. The molecule has 2 aromatic rings. The number of amides is 2. The fourth-order valence-electron chi connectivity index (χ4n) is 2.20. The van der Waals surface area contributed by atoms with Crippen LogP contribution in [0.4, 0.5) is 29.2 Å². The van der Waals surface area contributed by atoms with Crippen LogP contribution in [0.25, 0.3) is 0 Å². The fourth-order valence-corrected chi connectivity index (χ4v) is 2.49. The Morgan fingerprint density at radius 2 is 2.00 bits per heavy atom. The van der Waals surface area contributed by atoms with Gasteiger partial charge >= 0.3 is 12.5 Å². The summed E-state index contributed by atoms with van der Waals surface area (Å²) in [7, 11) is 1.45. The number of carbonyl (C=O) groups excluding carboxylic acids is 2. The maximum absolute atomic E-state index is 13.4. The predicted molar refractivity (Wildman–Crippen MR) is 91.1 cm³/mol. The van der Waals surface area contributed by atoms with Crippen LogP contribution in [0.15, 0.2) is 12.1 Å². The number of rotatable bonds is 7. The van der Waals surface area contributed by atoms with Crippen molar-refractivity contribution in [3.63, 3.8) is 0 Å². The van der Waals surface area contributed by atoms with Crippen molar-refractivity contribution >= 4 is 35.1 Å². The maximum Gasteiger partial charge on any atom is 0.461 e. The van der Waals surface area contributed by atoms with E-state index in [0.717, 1.165) is 16.8 Å². The normalized spacial score (nSPS) is 14.0. The highest BCUT2D eigenvalue weighted by atomic mass is 35.5. The van der Waals surface area contributed by atoms with Gasteiger partial charge in [0.05, 0.1) is 10.6 Å². The summed E-state index contributed by atoms with van der Waals surface area (Å²) < 4.78 is 57.0. The van der Waals surface area contributed by atoms with E-state index in [-0.39, 0.29) is 17.4 Å². The molecule has 0 atom stereocenters. The zero-order chi connectivity index (χ0) is 21.3. The van der Waals surface area contributed by atoms with Crippen LogP contribution in [0.3, 0.4) is 0 Å². The molecule has 29 heavy (non-hydrogen) atoms. The molecule has 2 amide bonds. The van der Waals surface area contributed by atoms with Gasteiger partial charge in [0.25, 0.3) is 5.91 Å². The molecule has 3 rings (SSSR count). The molecule has 1 saturated carbocycles. The highest BCUT2D eigenvalue weighted by Gasteiger charge is 2.45. The average Bonchev–Trinajstić information content (AvgIpc) is 3.42. The van der Waals surface area contributed by atoms with E-state index in [0.29, 0.717) is 12.8 Å². The van der Waals surface area contributed by atoms with Crippen LogP contribution in [-0.2, 0) is 11.8 Å². The molecule has 0 bridgehead atoms. The summed E-state index contributed by atoms with van der Waals surface area (Å²) in [6.45, 7) is 0. The lowest BCUT2D eigenvalue weighted by Gasteiger charge is -2.21. The van der Waals surface area contributed by atoms with E-state index in [9.17, 15) is 27.2 Å². The molecular formula is C15H13ClF4N6O3. The van der Waals surface area contributed by atoms with Gasteiger partial charge in [-0.15, -0.1) is 0 Å². The number of aromatic nitrogens is 4. The van der Waals surface area contributed by atoms with Gasteiger partial charge in [0, 0.05) is 13.0 Å². The summed E-state index contributed by atoms with van der Waals surface area (Å²) in [5.41, 5.74) is -0.777. The Morgan fingerprint density at radius 3 is 2.55 bits per heavy atom. The third-order valence-electron chi connectivity index (χ3n) is 3.89. The van der Waals surface area contributed by atoms with Crippen LogP contribution >= 0.6 is 11.6 Å². The molecule has 0 radical (unpaired) electrons. The molecule has 1 aromatic carbocycles. The number of halogens is 5. The molecule has 1 aromatic heterocycles. The summed E-state index contributed by atoms with van der Waals surface area (Å²) in [5.74, 6) is -2.61. The van der Waals surface area contributed by atoms with Gasteiger partial charge < -0.3 is 10.1 Å². The van der Waals surface area contributed by atoms with Crippen molar-refractivity contribution in [2.45, 2.75) is 25.4 Å². The van der Waals surface area contributed by atoms with Gasteiger partial charge in [-0.05, 0) is 35.4 Å². The van der Waals surface area contributed by atoms with E-state index in [1.54, 1.807) is 0 Å². The van der Waals surface area contributed by atoms with Crippen molar-refractivity contribution in [1.82, 2.24) is 20.2 Å². The van der Waals surface area contributed by atoms with Crippen molar-refractivity contribution in [3.05, 3.63) is 22.7 Å². The van der Waals surface area contributed by atoms with E-state index < -0.39 is 40.8 Å². The van der Waals surface area contributed by atoms with E-state index in [1.807, 2.05) is 0 Å². The molecule has 1 fully saturated rings. The van der Waals surface area contributed by atoms with Crippen molar-refractivity contribution in [2.24, 2.45) is 13.0 Å². The minimum absolute atomic E-state index is 0.0424. The van der Waals surface area contributed by atoms with Crippen LogP contribution in [0.2, 0.25) is 5.02 Å². The first kappa shape index (κ1) is 20.8. The first-order valence-electron chi connectivity index (χ1n) is 8.12. The second-order valence-electron chi connectivity index (χ2n) is 6.11. The highest BCUT2D eigenvalue weighted by molar-refractivity contribution is 6.37. The molecule has 2 N–H and O–H groups in total. The molecular weight excluding hydrogens is 424 g/mol. The first-order valence-corrected chi connectivity index (χ1v) is 8.50. The van der Waals surface area contributed by atoms with E-state index in [4.69, 9.17) is 11.6 Å². The molecule has 1 aliphatic carbocycles. The zero-order valence-corrected chi connectivity index (χ0v) is 15.4. The van der Waals surface area contributed by atoms with Crippen LogP contribution in [-0.4, -0.2) is 44.6 Å². The van der Waals surface area contributed by atoms with Crippen LogP contribution in [0, 0.1) is 5.92 Å². The number of alkyl halides is 4. The smallest absolute Gasteiger partial charge is 0.426 e. The monoisotopic (exact) mass is 436 g/mol. The summed E-state index contributed by atoms with van der Waals surface area (Å²) in [6, 6.07) is 1.81. The van der Waals surface area contributed by atoms with Gasteiger partial charge in [-0.2, -0.15) is 17.6 Å². The first-order chi connectivity index (χ1) is 13.6. The Hall–Kier alpha value is -2.96. The van der Waals surface area contributed by atoms with Gasteiger partial charge in [0.15, 0.2) is 5.75 Å².